The van der Waals surface area contributed by atoms with Crippen molar-refractivity contribution in [3.63, 3.8) is 0 Å². The summed E-state index contributed by atoms with van der Waals surface area (Å²) in [6, 6.07) is 30.0. The minimum absolute atomic E-state index is 0.261. The van der Waals surface area contributed by atoms with E-state index in [9.17, 15) is 0 Å². The molecule has 1 aliphatic heterocycles. The van der Waals surface area contributed by atoms with Gasteiger partial charge in [-0.15, -0.1) is 0 Å². The summed E-state index contributed by atoms with van der Waals surface area (Å²) in [5.74, 6) is 0. The van der Waals surface area contributed by atoms with E-state index in [4.69, 9.17) is 24.7 Å². The van der Waals surface area contributed by atoms with E-state index in [1.807, 2.05) is 91.0 Å². The zero-order chi connectivity index (χ0) is 22.0. The van der Waals surface area contributed by atoms with Gasteiger partial charge in [0.1, 0.15) is 18.3 Å². The van der Waals surface area contributed by atoms with Gasteiger partial charge in [-0.1, -0.05) is 91.0 Å². The van der Waals surface area contributed by atoms with Crippen LogP contribution in [0.3, 0.4) is 0 Å². The topological polar surface area (TPSA) is 62.9 Å². The van der Waals surface area contributed by atoms with Crippen molar-refractivity contribution in [1.29, 1.82) is 0 Å². The summed E-state index contributed by atoms with van der Waals surface area (Å²) < 4.78 is 24.7. The normalized spacial score (nSPS) is 23.2. The lowest BCUT2D eigenvalue weighted by Gasteiger charge is -2.41. The molecule has 0 saturated carbocycles. The third kappa shape index (κ3) is 6.48. The van der Waals surface area contributed by atoms with Crippen molar-refractivity contribution < 1.29 is 18.9 Å². The van der Waals surface area contributed by atoms with Gasteiger partial charge in [0, 0.05) is 0 Å². The van der Waals surface area contributed by atoms with E-state index in [1.54, 1.807) is 0 Å². The number of benzene rings is 3. The molecule has 1 aliphatic rings. The van der Waals surface area contributed by atoms with Crippen LogP contribution >= 0.6 is 0 Å². The van der Waals surface area contributed by atoms with Crippen LogP contribution in [0.15, 0.2) is 91.0 Å². The molecular weight excluding hydrogens is 402 g/mol. The quantitative estimate of drug-likeness (QED) is 0.522. The number of hydrogen-bond acceptors (Lipinski definition) is 5. The average Bonchev–Trinajstić information content (AvgIpc) is 2.85. The van der Waals surface area contributed by atoms with Gasteiger partial charge in [-0.2, -0.15) is 0 Å². The fourth-order valence-corrected chi connectivity index (χ4v) is 3.84. The van der Waals surface area contributed by atoms with Gasteiger partial charge in [0.15, 0.2) is 0 Å². The Hall–Kier alpha value is -2.54. The number of ether oxygens (including phenoxy) is 4. The molecule has 0 amide bonds. The first-order chi connectivity index (χ1) is 15.8. The highest BCUT2D eigenvalue weighted by Crippen LogP contribution is 2.24. The second-order valence-corrected chi connectivity index (χ2v) is 8.06. The van der Waals surface area contributed by atoms with Gasteiger partial charge in [0.05, 0.1) is 39.1 Å². The summed E-state index contributed by atoms with van der Waals surface area (Å²) in [7, 11) is 0. The molecule has 1 fully saturated rings. The smallest absolute Gasteiger partial charge is 0.114 e. The highest BCUT2D eigenvalue weighted by atomic mass is 16.6. The van der Waals surface area contributed by atoms with Gasteiger partial charge in [0.2, 0.25) is 0 Å². The Morgan fingerprint density at radius 1 is 0.656 bits per heavy atom. The zero-order valence-corrected chi connectivity index (χ0v) is 18.2. The van der Waals surface area contributed by atoms with Crippen molar-refractivity contribution in [1.82, 2.24) is 0 Å². The molecule has 4 rings (SSSR count). The highest BCUT2D eigenvalue weighted by Gasteiger charge is 2.41. The SMILES string of the molecule is N[C@@H]1COC(COCc2ccccc2)[C@H](OCc2ccccc2)C1OCc1ccccc1. The molecule has 0 aromatic heterocycles. The zero-order valence-electron chi connectivity index (χ0n) is 18.2. The van der Waals surface area contributed by atoms with E-state index in [0.29, 0.717) is 33.0 Å². The molecule has 0 spiro atoms. The first kappa shape index (κ1) is 22.6. The molecule has 4 atom stereocenters. The minimum atomic E-state index is -0.335. The third-order valence-electron chi connectivity index (χ3n) is 5.58. The summed E-state index contributed by atoms with van der Waals surface area (Å²) in [5, 5.41) is 0. The Morgan fingerprint density at radius 2 is 1.12 bits per heavy atom. The lowest BCUT2D eigenvalue weighted by Crippen LogP contribution is -2.59. The van der Waals surface area contributed by atoms with Crippen molar-refractivity contribution >= 4 is 0 Å². The molecule has 3 aromatic rings. The third-order valence-corrected chi connectivity index (χ3v) is 5.58. The van der Waals surface area contributed by atoms with Crippen LogP contribution in [0.4, 0.5) is 0 Å². The fourth-order valence-electron chi connectivity index (χ4n) is 3.84. The van der Waals surface area contributed by atoms with Crippen LogP contribution in [-0.4, -0.2) is 37.6 Å². The molecule has 0 radical (unpaired) electrons. The number of rotatable bonds is 10. The Kier molecular flexibility index (Phi) is 8.42. The van der Waals surface area contributed by atoms with Gasteiger partial charge in [-0.05, 0) is 16.7 Å². The molecule has 0 bridgehead atoms. The fraction of sp³-hybridized carbons (Fsp3) is 0.333. The van der Waals surface area contributed by atoms with E-state index in [1.165, 1.54) is 0 Å². The van der Waals surface area contributed by atoms with Crippen molar-refractivity contribution in [2.75, 3.05) is 13.2 Å². The average molecular weight is 434 g/mol. The summed E-state index contributed by atoms with van der Waals surface area (Å²) in [5.41, 5.74) is 9.73. The molecule has 2 N–H and O–H groups in total. The highest BCUT2D eigenvalue weighted by molar-refractivity contribution is 5.15. The predicted molar refractivity (Wildman–Crippen MR) is 124 cm³/mol. The summed E-state index contributed by atoms with van der Waals surface area (Å²) >= 11 is 0. The Morgan fingerprint density at radius 3 is 1.66 bits per heavy atom. The maximum atomic E-state index is 6.41. The molecular formula is C27H31NO4. The Balaban J connectivity index is 1.42. The standard InChI is InChI=1S/C27H31NO4/c28-24-19-30-25(20-29-16-21-10-4-1-5-11-21)27(32-18-23-14-8-3-9-15-23)26(24)31-17-22-12-6-2-7-13-22/h1-15,24-27H,16-20,28H2/t24-,25?,26?,27+/m1/s1. The lowest BCUT2D eigenvalue weighted by atomic mass is 9.98. The van der Waals surface area contributed by atoms with Gasteiger partial charge in [-0.25, -0.2) is 0 Å². The molecule has 0 aliphatic carbocycles. The van der Waals surface area contributed by atoms with E-state index in [-0.39, 0.29) is 24.4 Å². The second kappa shape index (κ2) is 11.9. The number of nitrogens with two attached hydrogens (primary N) is 1. The second-order valence-electron chi connectivity index (χ2n) is 8.06. The van der Waals surface area contributed by atoms with Crippen LogP contribution in [0.2, 0.25) is 0 Å². The largest absolute Gasteiger partial charge is 0.374 e. The Bertz CT molecular complexity index is 907. The van der Waals surface area contributed by atoms with E-state index in [2.05, 4.69) is 0 Å². The van der Waals surface area contributed by atoms with Gasteiger partial charge < -0.3 is 24.7 Å². The van der Waals surface area contributed by atoms with Crippen molar-refractivity contribution in [3.8, 4) is 0 Å². The summed E-state index contributed by atoms with van der Waals surface area (Å²) in [6.07, 6.45) is -0.889. The molecule has 1 saturated heterocycles. The van der Waals surface area contributed by atoms with Crippen molar-refractivity contribution in [2.45, 2.75) is 44.2 Å². The molecule has 3 aromatic carbocycles. The van der Waals surface area contributed by atoms with Crippen LogP contribution < -0.4 is 5.73 Å². The van der Waals surface area contributed by atoms with Gasteiger partial charge in [-0.3, -0.25) is 0 Å². The molecule has 32 heavy (non-hydrogen) atoms. The monoisotopic (exact) mass is 433 g/mol. The summed E-state index contributed by atoms with van der Waals surface area (Å²) in [6.45, 7) is 2.27. The van der Waals surface area contributed by atoms with Crippen molar-refractivity contribution in [3.05, 3.63) is 108 Å². The molecule has 1 heterocycles. The predicted octanol–water partition coefficient (Wildman–Crippen LogP) is 4.10. The van der Waals surface area contributed by atoms with E-state index < -0.39 is 0 Å². The van der Waals surface area contributed by atoms with Gasteiger partial charge in [0.25, 0.3) is 0 Å². The maximum absolute atomic E-state index is 6.41. The first-order valence-electron chi connectivity index (χ1n) is 11.1. The lowest BCUT2D eigenvalue weighted by molar-refractivity contribution is -0.204. The Labute approximate surface area is 190 Å². The number of hydrogen-bond donors (Lipinski definition) is 1. The van der Waals surface area contributed by atoms with Crippen LogP contribution in [0.25, 0.3) is 0 Å². The molecule has 168 valence electrons. The maximum Gasteiger partial charge on any atom is 0.114 e. The molecule has 5 heteroatoms. The molecule has 2 unspecified atom stereocenters. The van der Waals surface area contributed by atoms with Crippen molar-refractivity contribution in [2.24, 2.45) is 5.73 Å². The van der Waals surface area contributed by atoms with Crippen LogP contribution in [0.1, 0.15) is 16.7 Å². The van der Waals surface area contributed by atoms with E-state index in [0.717, 1.165) is 16.7 Å². The minimum Gasteiger partial charge on any atom is -0.374 e. The molecule has 5 nitrogen and oxygen atoms in total. The first-order valence-corrected chi connectivity index (χ1v) is 11.1. The van der Waals surface area contributed by atoms with Crippen LogP contribution in [-0.2, 0) is 38.8 Å². The van der Waals surface area contributed by atoms with Crippen LogP contribution in [0.5, 0.6) is 0 Å². The van der Waals surface area contributed by atoms with Crippen LogP contribution in [0, 0.1) is 0 Å². The van der Waals surface area contributed by atoms with E-state index >= 15 is 0 Å². The van der Waals surface area contributed by atoms with Gasteiger partial charge >= 0.3 is 0 Å². The summed E-state index contributed by atoms with van der Waals surface area (Å²) in [4.78, 5) is 0.